The smallest absolute Gasteiger partial charge is 0.273 e. The summed E-state index contributed by atoms with van der Waals surface area (Å²) in [6, 6.07) is 5.18. The third kappa shape index (κ3) is 4.28. The second kappa shape index (κ2) is 8.91. The van der Waals surface area contributed by atoms with Gasteiger partial charge in [-0.2, -0.15) is 0 Å². The number of amides is 1. The van der Waals surface area contributed by atoms with Crippen molar-refractivity contribution < 1.29 is 4.79 Å². The maximum Gasteiger partial charge on any atom is 0.273 e. The monoisotopic (exact) mass is 421 g/mol. The lowest BCUT2D eigenvalue weighted by molar-refractivity contribution is 0.0723. The number of nitrogens with one attached hydrogen (secondary N) is 1. The van der Waals surface area contributed by atoms with E-state index in [-0.39, 0.29) is 17.5 Å². The maximum absolute atomic E-state index is 13.0. The van der Waals surface area contributed by atoms with Gasteiger partial charge in [0.05, 0.1) is 11.7 Å². The van der Waals surface area contributed by atoms with Gasteiger partial charge >= 0.3 is 0 Å². The summed E-state index contributed by atoms with van der Waals surface area (Å²) in [5.74, 6) is 1.31. The number of H-pyrrole nitrogens is 1. The second-order valence-electron chi connectivity index (χ2n) is 9.24. The first-order chi connectivity index (χ1) is 15.2. The molecule has 1 N–H and O–H groups in total. The minimum atomic E-state index is -0.193. The fourth-order valence-electron chi connectivity index (χ4n) is 5.49. The molecule has 3 aliphatic rings. The van der Waals surface area contributed by atoms with Gasteiger partial charge in [0.25, 0.3) is 11.5 Å². The van der Waals surface area contributed by atoms with E-state index in [4.69, 9.17) is 4.98 Å². The molecule has 31 heavy (non-hydrogen) atoms. The zero-order chi connectivity index (χ0) is 21.2. The number of carbonyl (C=O) groups excluding carboxylic acids is 1. The summed E-state index contributed by atoms with van der Waals surface area (Å²) in [5.41, 5.74) is 2.13. The Kier molecular flexibility index (Phi) is 5.85. The van der Waals surface area contributed by atoms with Gasteiger partial charge in [-0.3, -0.25) is 19.5 Å². The minimum absolute atomic E-state index is 0.0329. The molecule has 4 heterocycles. The summed E-state index contributed by atoms with van der Waals surface area (Å²) in [7, 11) is 0. The van der Waals surface area contributed by atoms with Crippen LogP contribution >= 0.6 is 0 Å². The Morgan fingerprint density at radius 2 is 1.97 bits per heavy atom. The first kappa shape index (κ1) is 20.4. The Bertz CT molecular complexity index is 983. The number of aromatic amines is 1. The molecular formula is C24H31N5O2. The Morgan fingerprint density at radius 3 is 2.77 bits per heavy atom. The molecule has 5 rings (SSSR count). The highest BCUT2D eigenvalue weighted by Crippen LogP contribution is 2.32. The predicted octanol–water partition coefficient (Wildman–Crippen LogP) is 3.08. The van der Waals surface area contributed by atoms with Crippen LogP contribution in [-0.4, -0.2) is 50.3 Å². The van der Waals surface area contributed by atoms with Gasteiger partial charge < -0.3 is 9.88 Å². The lowest BCUT2D eigenvalue weighted by atomic mass is 9.88. The van der Waals surface area contributed by atoms with E-state index in [0.29, 0.717) is 18.1 Å². The minimum Gasteiger partial charge on any atom is -0.327 e. The molecule has 1 saturated carbocycles. The van der Waals surface area contributed by atoms with E-state index in [1.54, 1.807) is 18.3 Å². The number of nitrogens with zero attached hydrogens (tertiary/aromatic N) is 4. The van der Waals surface area contributed by atoms with Crippen molar-refractivity contribution in [2.24, 2.45) is 5.92 Å². The van der Waals surface area contributed by atoms with Crippen molar-refractivity contribution in [3.8, 4) is 0 Å². The van der Waals surface area contributed by atoms with E-state index in [1.165, 1.54) is 32.1 Å². The van der Waals surface area contributed by atoms with E-state index in [1.807, 2.05) is 11.0 Å². The van der Waals surface area contributed by atoms with E-state index >= 15 is 0 Å². The lowest BCUT2D eigenvalue weighted by Crippen LogP contribution is -2.39. The summed E-state index contributed by atoms with van der Waals surface area (Å²) in [6.07, 6.45) is 10.8. The molecule has 1 saturated heterocycles. The van der Waals surface area contributed by atoms with Gasteiger partial charge in [0.2, 0.25) is 0 Å². The molecule has 2 fully saturated rings. The molecule has 7 nitrogen and oxygen atoms in total. The highest BCUT2D eigenvalue weighted by molar-refractivity contribution is 5.92. The molecule has 2 aliphatic heterocycles. The van der Waals surface area contributed by atoms with Gasteiger partial charge in [0, 0.05) is 37.9 Å². The van der Waals surface area contributed by atoms with Crippen LogP contribution in [0.25, 0.3) is 0 Å². The molecule has 7 heteroatoms. The molecule has 2 aromatic rings. The third-order valence-corrected chi connectivity index (χ3v) is 7.13. The fourth-order valence-corrected chi connectivity index (χ4v) is 5.49. The molecule has 1 amide bonds. The maximum atomic E-state index is 13.0. The standard InChI is InChI=1S/C24H31N5O2/c30-23-18-11-14-28(15-17-7-2-1-3-8-17)16-20(18)26-22(27-23)21-10-6-13-29(21)24(31)19-9-4-5-12-25-19/h4-5,9,12,17,21H,1-3,6-8,10-11,13-16H2,(H,26,27,30)/t21-/m0/s1. The van der Waals surface area contributed by atoms with Gasteiger partial charge in [0.15, 0.2) is 0 Å². The van der Waals surface area contributed by atoms with Crippen LogP contribution in [0.15, 0.2) is 29.2 Å². The van der Waals surface area contributed by atoms with Crippen molar-refractivity contribution in [2.75, 3.05) is 19.6 Å². The number of pyridine rings is 1. The SMILES string of the molecule is O=C(c1ccccn1)N1CCC[C@H]1c1nc2c(c(=O)[nH]1)CCN(CC1CCCCC1)C2. The normalized spacial score (nSPS) is 22.5. The summed E-state index contributed by atoms with van der Waals surface area (Å²) >= 11 is 0. The largest absolute Gasteiger partial charge is 0.327 e. The zero-order valence-electron chi connectivity index (χ0n) is 18.1. The summed E-state index contributed by atoms with van der Waals surface area (Å²) in [6.45, 7) is 3.44. The first-order valence-corrected chi connectivity index (χ1v) is 11.8. The molecule has 0 spiro atoms. The molecule has 164 valence electrons. The number of rotatable bonds is 4. The highest BCUT2D eigenvalue weighted by atomic mass is 16.2. The van der Waals surface area contributed by atoms with Crippen LogP contribution in [0.3, 0.4) is 0 Å². The Labute approximate surface area is 182 Å². The van der Waals surface area contributed by atoms with Crippen LogP contribution in [-0.2, 0) is 13.0 Å². The van der Waals surface area contributed by atoms with Crippen LogP contribution in [0, 0.1) is 5.92 Å². The molecule has 0 bridgehead atoms. The molecule has 0 radical (unpaired) electrons. The van der Waals surface area contributed by atoms with E-state index in [0.717, 1.165) is 56.1 Å². The Balaban J connectivity index is 1.36. The molecule has 0 aromatic carbocycles. The number of carbonyl (C=O) groups is 1. The van der Waals surface area contributed by atoms with Crippen molar-refractivity contribution in [3.05, 3.63) is 57.5 Å². The number of aromatic nitrogens is 3. The topological polar surface area (TPSA) is 82.2 Å². The number of hydrogen-bond donors (Lipinski definition) is 1. The third-order valence-electron chi connectivity index (χ3n) is 7.13. The lowest BCUT2D eigenvalue weighted by Gasteiger charge is -2.33. The van der Waals surface area contributed by atoms with Crippen molar-refractivity contribution >= 4 is 5.91 Å². The highest BCUT2D eigenvalue weighted by Gasteiger charge is 2.34. The first-order valence-electron chi connectivity index (χ1n) is 11.8. The number of likely N-dealkylation sites (tertiary alicyclic amines) is 1. The average Bonchev–Trinajstić information content (AvgIpc) is 3.29. The molecule has 2 aromatic heterocycles. The summed E-state index contributed by atoms with van der Waals surface area (Å²) in [5, 5.41) is 0. The Morgan fingerprint density at radius 1 is 1.10 bits per heavy atom. The van der Waals surface area contributed by atoms with Gasteiger partial charge in [-0.15, -0.1) is 0 Å². The van der Waals surface area contributed by atoms with Crippen LogP contribution in [0.4, 0.5) is 0 Å². The van der Waals surface area contributed by atoms with Crippen LogP contribution in [0.5, 0.6) is 0 Å². The summed E-state index contributed by atoms with van der Waals surface area (Å²) < 4.78 is 0. The molecule has 0 unspecified atom stereocenters. The van der Waals surface area contributed by atoms with Crippen LogP contribution < -0.4 is 5.56 Å². The predicted molar refractivity (Wildman–Crippen MR) is 118 cm³/mol. The molecule has 1 aliphatic carbocycles. The van der Waals surface area contributed by atoms with Gasteiger partial charge in [-0.1, -0.05) is 25.3 Å². The van der Waals surface area contributed by atoms with Crippen LogP contribution in [0.2, 0.25) is 0 Å². The molecule has 1 atom stereocenters. The second-order valence-corrected chi connectivity index (χ2v) is 9.24. The van der Waals surface area contributed by atoms with Crippen molar-refractivity contribution in [2.45, 2.75) is 64.0 Å². The fraction of sp³-hybridized carbons (Fsp3) is 0.583. The van der Waals surface area contributed by atoms with Crippen molar-refractivity contribution in [3.63, 3.8) is 0 Å². The van der Waals surface area contributed by atoms with E-state index in [9.17, 15) is 9.59 Å². The quantitative estimate of drug-likeness (QED) is 0.820. The van der Waals surface area contributed by atoms with E-state index < -0.39 is 0 Å². The number of fused-ring (bicyclic) bond motifs is 1. The van der Waals surface area contributed by atoms with Crippen molar-refractivity contribution in [1.82, 2.24) is 24.8 Å². The number of hydrogen-bond acceptors (Lipinski definition) is 5. The van der Waals surface area contributed by atoms with E-state index in [2.05, 4.69) is 14.9 Å². The Hall–Kier alpha value is -2.54. The van der Waals surface area contributed by atoms with Gasteiger partial charge in [-0.05, 0) is 50.2 Å². The van der Waals surface area contributed by atoms with Gasteiger partial charge in [-0.25, -0.2) is 4.98 Å². The van der Waals surface area contributed by atoms with Crippen molar-refractivity contribution in [1.29, 1.82) is 0 Å². The molecular weight excluding hydrogens is 390 g/mol. The van der Waals surface area contributed by atoms with Crippen LogP contribution in [0.1, 0.15) is 78.6 Å². The summed E-state index contributed by atoms with van der Waals surface area (Å²) in [4.78, 5) is 42.3. The average molecular weight is 422 g/mol. The zero-order valence-corrected chi connectivity index (χ0v) is 18.1. The van der Waals surface area contributed by atoms with Gasteiger partial charge in [0.1, 0.15) is 11.5 Å².